The highest BCUT2D eigenvalue weighted by atomic mass is 16.5. The summed E-state index contributed by atoms with van der Waals surface area (Å²) >= 11 is 0. The minimum Gasteiger partial charge on any atom is -0.497 e. The van der Waals surface area contributed by atoms with Crippen molar-refractivity contribution in [2.24, 2.45) is 11.3 Å². The van der Waals surface area contributed by atoms with Crippen molar-refractivity contribution >= 4 is 11.7 Å². The van der Waals surface area contributed by atoms with Crippen LogP contribution in [-0.4, -0.2) is 25.3 Å². The van der Waals surface area contributed by atoms with Gasteiger partial charge in [0.1, 0.15) is 5.75 Å². The summed E-state index contributed by atoms with van der Waals surface area (Å²) in [5.74, 6) is 1.77. The van der Waals surface area contributed by atoms with Crippen molar-refractivity contribution in [3.63, 3.8) is 0 Å². The number of hydrogen-bond acceptors (Lipinski definition) is 3. The lowest BCUT2D eigenvalue weighted by atomic mass is 9.49. The fourth-order valence-electron chi connectivity index (χ4n) is 6.75. The summed E-state index contributed by atoms with van der Waals surface area (Å²) in [6.07, 6.45) is 6.28. The van der Waals surface area contributed by atoms with Gasteiger partial charge in [0.05, 0.1) is 7.11 Å². The van der Waals surface area contributed by atoms with E-state index >= 15 is 0 Å². The maximum absolute atomic E-state index is 12.7. The molecule has 1 fully saturated rings. The van der Waals surface area contributed by atoms with Gasteiger partial charge >= 0.3 is 0 Å². The molecule has 1 saturated carbocycles. The molecule has 188 valence electrons. The van der Waals surface area contributed by atoms with Gasteiger partial charge < -0.3 is 10.1 Å². The molecule has 35 heavy (non-hydrogen) atoms. The number of Topliss-reactive ketones (excluding diaryl/α,β-unsaturated/α-hetero) is 1. The van der Waals surface area contributed by atoms with Gasteiger partial charge in [0.15, 0.2) is 5.78 Å². The van der Waals surface area contributed by atoms with Gasteiger partial charge in [-0.05, 0) is 89.3 Å². The van der Waals surface area contributed by atoms with Gasteiger partial charge in [0.2, 0.25) is 5.91 Å². The molecule has 1 amide bonds. The van der Waals surface area contributed by atoms with Gasteiger partial charge in [-0.2, -0.15) is 0 Å². The third-order valence-electron chi connectivity index (χ3n) is 8.85. The predicted octanol–water partition coefficient (Wildman–Crippen LogP) is 6.61. The van der Waals surface area contributed by atoms with Crippen molar-refractivity contribution in [1.82, 2.24) is 5.32 Å². The second-order valence-corrected chi connectivity index (χ2v) is 11.5. The van der Waals surface area contributed by atoms with Gasteiger partial charge in [-0.3, -0.25) is 9.59 Å². The monoisotopic (exact) mass is 475 g/mol. The standard InChI is InChI=1S/C31H41NO3/c1-21(2)23-9-13-26-24(19-23)10-15-28-30(3,17-6-18-31(26,28)4)20-32-29(34)16-14-27(33)22-7-11-25(35-5)12-8-22/h7-9,11-13,19,21,28H,6,10,14-18,20H2,1-5H3,(H,32,34)/t28-,30-,31+/m0/s1. The highest BCUT2D eigenvalue weighted by Gasteiger charge is 2.51. The summed E-state index contributed by atoms with van der Waals surface area (Å²) in [4.78, 5) is 25.2. The van der Waals surface area contributed by atoms with E-state index in [2.05, 4.69) is 51.2 Å². The Labute approximate surface area is 210 Å². The Hall–Kier alpha value is -2.62. The maximum Gasteiger partial charge on any atom is 0.220 e. The van der Waals surface area contributed by atoms with Gasteiger partial charge in [0, 0.05) is 24.9 Å². The first-order valence-corrected chi connectivity index (χ1v) is 13.2. The van der Waals surface area contributed by atoms with Crippen LogP contribution < -0.4 is 10.1 Å². The second kappa shape index (κ2) is 10.2. The topological polar surface area (TPSA) is 55.4 Å². The van der Waals surface area contributed by atoms with Crippen LogP contribution >= 0.6 is 0 Å². The fourth-order valence-corrected chi connectivity index (χ4v) is 6.75. The first-order chi connectivity index (χ1) is 16.7. The molecule has 0 radical (unpaired) electrons. The molecule has 0 aromatic heterocycles. The summed E-state index contributed by atoms with van der Waals surface area (Å²) in [6.45, 7) is 10.0. The van der Waals surface area contributed by atoms with E-state index in [0.717, 1.165) is 18.6 Å². The van der Waals surface area contributed by atoms with Crippen molar-refractivity contribution in [3.05, 3.63) is 64.7 Å². The number of methoxy groups -OCH3 is 1. The highest BCUT2D eigenvalue weighted by molar-refractivity contribution is 5.98. The van der Waals surface area contributed by atoms with Crippen LogP contribution in [0.1, 0.15) is 99.2 Å². The van der Waals surface area contributed by atoms with Crippen LogP contribution in [0.3, 0.4) is 0 Å². The smallest absolute Gasteiger partial charge is 0.220 e. The summed E-state index contributed by atoms with van der Waals surface area (Å²) in [7, 11) is 1.60. The van der Waals surface area contributed by atoms with Crippen LogP contribution in [0.4, 0.5) is 0 Å². The van der Waals surface area contributed by atoms with E-state index in [4.69, 9.17) is 4.74 Å². The molecule has 2 aromatic rings. The summed E-state index contributed by atoms with van der Waals surface area (Å²) in [5, 5.41) is 3.21. The van der Waals surface area contributed by atoms with Crippen molar-refractivity contribution in [2.75, 3.05) is 13.7 Å². The Morgan fingerprint density at radius 1 is 1.06 bits per heavy atom. The first kappa shape index (κ1) is 25.5. The van der Waals surface area contributed by atoms with E-state index in [1.807, 2.05) is 0 Å². The minimum absolute atomic E-state index is 0.0103. The molecule has 0 unspecified atom stereocenters. The lowest BCUT2D eigenvalue weighted by Gasteiger charge is -2.55. The average Bonchev–Trinajstić information content (AvgIpc) is 2.85. The third kappa shape index (κ3) is 5.17. The Morgan fingerprint density at radius 2 is 1.80 bits per heavy atom. The zero-order valence-electron chi connectivity index (χ0n) is 22.1. The molecule has 4 rings (SSSR count). The zero-order chi connectivity index (χ0) is 25.2. The van der Waals surface area contributed by atoms with Crippen molar-refractivity contribution in [2.45, 2.75) is 84.0 Å². The Morgan fingerprint density at radius 3 is 2.49 bits per heavy atom. The van der Waals surface area contributed by atoms with E-state index in [1.54, 1.807) is 31.4 Å². The van der Waals surface area contributed by atoms with Crippen molar-refractivity contribution < 1.29 is 14.3 Å². The number of amides is 1. The van der Waals surface area contributed by atoms with E-state index in [0.29, 0.717) is 23.9 Å². The van der Waals surface area contributed by atoms with Gasteiger partial charge in [0.25, 0.3) is 0 Å². The lowest BCUT2D eigenvalue weighted by Crippen LogP contribution is -2.53. The highest BCUT2D eigenvalue weighted by Crippen LogP contribution is 2.57. The molecular formula is C31H41NO3. The molecule has 4 heteroatoms. The quantitative estimate of drug-likeness (QED) is 0.437. The number of fused-ring (bicyclic) bond motifs is 3. The van der Waals surface area contributed by atoms with Crippen LogP contribution in [0, 0.1) is 11.3 Å². The molecule has 0 spiro atoms. The third-order valence-corrected chi connectivity index (χ3v) is 8.85. The predicted molar refractivity (Wildman–Crippen MR) is 141 cm³/mol. The minimum atomic E-state index is -0.0295. The van der Waals surface area contributed by atoms with E-state index in [-0.39, 0.29) is 35.4 Å². The molecule has 2 aliphatic rings. The van der Waals surface area contributed by atoms with Crippen LogP contribution in [0.5, 0.6) is 5.75 Å². The second-order valence-electron chi connectivity index (χ2n) is 11.5. The van der Waals surface area contributed by atoms with E-state index in [9.17, 15) is 9.59 Å². The molecule has 0 saturated heterocycles. The number of ether oxygens (including phenoxy) is 1. The Kier molecular flexibility index (Phi) is 7.40. The Balaban J connectivity index is 1.38. The number of carbonyl (C=O) groups is 2. The average molecular weight is 476 g/mol. The van der Waals surface area contributed by atoms with E-state index < -0.39 is 0 Å². The van der Waals surface area contributed by atoms with Gasteiger partial charge in [-0.15, -0.1) is 0 Å². The molecule has 4 nitrogen and oxygen atoms in total. The number of benzene rings is 2. The fraction of sp³-hybridized carbons (Fsp3) is 0.548. The molecule has 0 heterocycles. The molecule has 0 aliphatic heterocycles. The molecule has 2 aliphatic carbocycles. The number of carbonyl (C=O) groups excluding carboxylic acids is 2. The van der Waals surface area contributed by atoms with Gasteiger partial charge in [-0.25, -0.2) is 0 Å². The molecule has 1 N–H and O–H groups in total. The number of hydrogen-bond donors (Lipinski definition) is 1. The number of ketones is 1. The SMILES string of the molecule is COc1ccc(C(=O)CCC(=O)NC[C@]2(C)CCC[C@]3(C)c4ccc(C(C)C)cc4CC[C@@H]23)cc1. The van der Waals surface area contributed by atoms with Crippen molar-refractivity contribution in [1.29, 1.82) is 0 Å². The lowest BCUT2D eigenvalue weighted by molar-refractivity contribution is -0.122. The number of rotatable bonds is 8. The first-order valence-electron chi connectivity index (χ1n) is 13.2. The maximum atomic E-state index is 12.7. The summed E-state index contributed by atoms with van der Waals surface area (Å²) in [5.41, 5.74) is 5.33. The van der Waals surface area contributed by atoms with Crippen LogP contribution in [0.15, 0.2) is 42.5 Å². The Bertz CT molecular complexity index is 1070. The number of nitrogens with one attached hydrogen (secondary N) is 1. The summed E-state index contributed by atoms with van der Waals surface area (Å²) < 4.78 is 5.15. The van der Waals surface area contributed by atoms with Crippen molar-refractivity contribution in [3.8, 4) is 5.75 Å². The van der Waals surface area contributed by atoms with Crippen LogP contribution in [-0.2, 0) is 16.6 Å². The molecular weight excluding hydrogens is 434 g/mol. The molecule has 0 bridgehead atoms. The van der Waals surface area contributed by atoms with Crippen LogP contribution in [0.2, 0.25) is 0 Å². The summed E-state index contributed by atoms with van der Waals surface area (Å²) in [6, 6.07) is 14.2. The molecule has 3 atom stereocenters. The van der Waals surface area contributed by atoms with Gasteiger partial charge in [-0.1, -0.05) is 52.3 Å². The zero-order valence-corrected chi connectivity index (χ0v) is 22.1. The number of aryl methyl sites for hydroxylation is 1. The normalized spacial score (nSPS) is 25.5. The van der Waals surface area contributed by atoms with Crippen LogP contribution in [0.25, 0.3) is 0 Å². The molecule has 2 aromatic carbocycles. The van der Waals surface area contributed by atoms with E-state index in [1.165, 1.54) is 36.0 Å². The largest absolute Gasteiger partial charge is 0.497 e.